The van der Waals surface area contributed by atoms with E-state index in [0.29, 0.717) is 0 Å². The molecule has 0 aliphatic carbocycles. The Bertz CT molecular complexity index is 1200. The first-order chi connectivity index (χ1) is 16.8. The van der Waals surface area contributed by atoms with Crippen LogP contribution in [0.3, 0.4) is 0 Å². The molecule has 0 saturated carbocycles. The Kier molecular flexibility index (Phi) is 7.60. The quantitative estimate of drug-likeness (QED) is 0.271. The fraction of sp³-hybridized carbons (Fsp3) is 0.273. The van der Waals surface area contributed by atoms with Gasteiger partial charge < -0.3 is 11.5 Å². The lowest BCUT2D eigenvalue weighted by Crippen LogP contribution is -2.00. The number of hydrogen-bond donors (Lipinski definition) is 2. The highest BCUT2D eigenvalue weighted by Crippen LogP contribution is 2.23. The molecule has 4 aromatic rings. The van der Waals surface area contributed by atoms with Crippen molar-refractivity contribution in [2.24, 2.45) is 0 Å². The second-order valence-electron chi connectivity index (χ2n) is 9.94. The monoisotopic (exact) mass is 462 g/mol. The molecule has 0 spiro atoms. The molecule has 2 nitrogen and oxygen atoms in total. The summed E-state index contributed by atoms with van der Waals surface area (Å²) >= 11 is 0. The van der Waals surface area contributed by atoms with Crippen molar-refractivity contribution < 1.29 is 0 Å². The molecule has 0 bridgehead atoms. The van der Waals surface area contributed by atoms with Crippen molar-refractivity contribution in [3.63, 3.8) is 0 Å². The maximum Gasteiger partial charge on any atom is 0.0346 e. The molecule has 0 fully saturated rings. The van der Waals surface area contributed by atoms with E-state index in [2.05, 4.69) is 88.4 Å². The third-order valence-electron chi connectivity index (χ3n) is 7.70. The number of nitrogens with two attached hydrogens (primary N) is 2. The molecule has 0 aliphatic heterocycles. The van der Waals surface area contributed by atoms with E-state index in [1.165, 1.54) is 55.6 Å². The average Bonchev–Trinajstić information content (AvgIpc) is 2.87. The molecule has 0 aromatic heterocycles. The number of aryl methyl sites for hydroxylation is 4. The van der Waals surface area contributed by atoms with Crippen molar-refractivity contribution in [1.82, 2.24) is 0 Å². The standard InChI is InChI=1S/C33H38N2/c1-22-24(3)32(34)19-17-30(22)15-13-26-5-9-28(10-6-26)21-29-11-7-27(8-12-29)14-16-31-18-20-33(35)25(4)23(31)2/h5-12,17-20H,13-16,21,34-35H2,1-4H3. The minimum atomic E-state index is 0.885. The van der Waals surface area contributed by atoms with Crippen LogP contribution in [-0.4, -0.2) is 0 Å². The Morgan fingerprint density at radius 3 is 1.11 bits per heavy atom. The summed E-state index contributed by atoms with van der Waals surface area (Å²) in [7, 11) is 0. The minimum absolute atomic E-state index is 0.885. The van der Waals surface area contributed by atoms with E-state index in [-0.39, 0.29) is 0 Å². The molecule has 0 unspecified atom stereocenters. The van der Waals surface area contributed by atoms with Crippen LogP contribution in [0.5, 0.6) is 0 Å². The van der Waals surface area contributed by atoms with Crippen LogP contribution in [0.4, 0.5) is 11.4 Å². The molecule has 0 saturated heterocycles. The van der Waals surface area contributed by atoms with Gasteiger partial charge in [-0.05, 0) is 128 Å². The smallest absolute Gasteiger partial charge is 0.0346 e. The van der Waals surface area contributed by atoms with Crippen LogP contribution in [-0.2, 0) is 32.1 Å². The summed E-state index contributed by atoms with van der Waals surface area (Å²) in [6.07, 6.45) is 5.15. The van der Waals surface area contributed by atoms with E-state index in [9.17, 15) is 0 Å². The SMILES string of the molecule is Cc1c(N)ccc(CCc2ccc(Cc3ccc(CCc4ccc(N)c(C)c4C)cc3)cc2)c1C. The van der Waals surface area contributed by atoms with Gasteiger partial charge in [0.1, 0.15) is 0 Å². The Hall–Kier alpha value is -3.52. The number of rotatable bonds is 8. The molecule has 4 rings (SSSR count). The van der Waals surface area contributed by atoms with Gasteiger partial charge in [0.25, 0.3) is 0 Å². The predicted molar refractivity (Wildman–Crippen MR) is 151 cm³/mol. The zero-order chi connectivity index (χ0) is 24.9. The van der Waals surface area contributed by atoms with Crippen molar-refractivity contribution in [2.45, 2.75) is 59.8 Å². The van der Waals surface area contributed by atoms with Crippen molar-refractivity contribution in [2.75, 3.05) is 11.5 Å². The van der Waals surface area contributed by atoms with Crippen molar-refractivity contribution in [1.29, 1.82) is 0 Å². The van der Waals surface area contributed by atoms with E-state index < -0.39 is 0 Å². The number of benzene rings is 4. The summed E-state index contributed by atoms with van der Waals surface area (Å²) in [4.78, 5) is 0. The molecular formula is C33H38N2. The third-order valence-corrected chi connectivity index (χ3v) is 7.70. The normalized spacial score (nSPS) is 11.1. The van der Waals surface area contributed by atoms with Crippen molar-refractivity contribution in [3.05, 3.63) is 128 Å². The average molecular weight is 463 g/mol. The van der Waals surface area contributed by atoms with Gasteiger partial charge in [-0.3, -0.25) is 0 Å². The molecule has 0 heterocycles. The van der Waals surface area contributed by atoms with Gasteiger partial charge in [0.15, 0.2) is 0 Å². The zero-order valence-corrected chi connectivity index (χ0v) is 21.6. The molecule has 0 radical (unpaired) electrons. The lowest BCUT2D eigenvalue weighted by Gasteiger charge is -2.12. The highest BCUT2D eigenvalue weighted by atomic mass is 14.6. The Balaban J connectivity index is 1.31. The molecule has 0 atom stereocenters. The molecular weight excluding hydrogens is 424 g/mol. The lowest BCUT2D eigenvalue weighted by molar-refractivity contribution is 0.942. The Labute approximate surface area is 211 Å². The first kappa shape index (κ1) is 24.6. The van der Waals surface area contributed by atoms with Gasteiger partial charge in [0.05, 0.1) is 0 Å². The van der Waals surface area contributed by atoms with Gasteiger partial charge in [-0.1, -0.05) is 60.7 Å². The summed E-state index contributed by atoms with van der Waals surface area (Å²) in [6.45, 7) is 8.57. The third kappa shape index (κ3) is 5.95. The van der Waals surface area contributed by atoms with Crippen LogP contribution in [0.25, 0.3) is 0 Å². The first-order valence-electron chi connectivity index (χ1n) is 12.7. The van der Waals surface area contributed by atoms with Gasteiger partial charge in [0, 0.05) is 11.4 Å². The zero-order valence-electron chi connectivity index (χ0n) is 21.6. The lowest BCUT2D eigenvalue weighted by atomic mass is 9.95. The van der Waals surface area contributed by atoms with Crippen LogP contribution in [0.1, 0.15) is 55.6 Å². The molecule has 4 aromatic carbocycles. The van der Waals surface area contributed by atoms with Gasteiger partial charge in [0.2, 0.25) is 0 Å². The summed E-state index contributed by atoms with van der Waals surface area (Å²) in [5, 5.41) is 0. The summed E-state index contributed by atoms with van der Waals surface area (Å²) in [5.41, 5.74) is 27.2. The highest BCUT2D eigenvalue weighted by molar-refractivity contribution is 5.53. The molecule has 180 valence electrons. The van der Waals surface area contributed by atoms with E-state index in [4.69, 9.17) is 11.5 Å². The second kappa shape index (κ2) is 10.8. The number of anilines is 2. The minimum Gasteiger partial charge on any atom is -0.399 e. The molecule has 0 amide bonds. The van der Waals surface area contributed by atoms with Crippen LogP contribution in [0, 0.1) is 27.7 Å². The fourth-order valence-corrected chi connectivity index (χ4v) is 4.78. The Morgan fingerprint density at radius 2 is 0.743 bits per heavy atom. The second-order valence-corrected chi connectivity index (χ2v) is 9.94. The summed E-state index contributed by atoms with van der Waals surface area (Å²) in [5.74, 6) is 0. The predicted octanol–water partition coefficient (Wildman–Crippen LogP) is 7.25. The number of hydrogen-bond acceptors (Lipinski definition) is 2. The maximum absolute atomic E-state index is 6.04. The van der Waals surface area contributed by atoms with E-state index in [1.54, 1.807) is 0 Å². The number of nitrogen functional groups attached to an aromatic ring is 2. The fourth-order valence-electron chi connectivity index (χ4n) is 4.78. The van der Waals surface area contributed by atoms with Crippen LogP contribution < -0.4 is 11.5 Å². The van der Waals surface area contributed by atoms with Gasteiger partial charge in [-0.2, -0.15) is 0 Å². The van der Waals surface area contributed by atoms with Crippen LogP contribution in [0.2, 0.25) is 0 Å². The maximum atomic E-state index is 6.04. The van der Waals surface area contributed by atoms with Crippen LogP contribution >= 0.6 is 0 Å². The first-order valence-corrected chi connectivity index (χ1v) is 12.7. The van der Waals surface area contributed by atoms with Crippen molar-refractivity contribution in [3.8, 4) is 0 Å². The van der Waals surface area contributed by atoms with E-state index >= 15 is 0 Å². The van der Waals surface area contributed by atoms with Crippen molar-refractivity contribution >= 4 is 11.4 Å². The van der Waals surface area contributed by atoms with E-state index in [1.807, 2.05) is 12.1 Å². The van der Waals surface area contributed by atoms with E-state index in [0.717, 1.165) is 43.5 Å². The van der Waals surface area contributed by atoms with Gasteiger partial charge in [-0.15, -0.1) is 0 Å². The van der Waals surface area contributed by atoms with Gasteiger partial charge in [-0.25, -0.2) is 0 Å². The molecule has 2 heteroatoms. The summed E-state index contributed by atoms with van der Waals surface area (Å²) in [6, 6.07) is 26.6. The molecule has 4 N–H and O–H groups in total. The Morgan fingerprint density at radius 1 is 0.400 bits per heavy atom. The molecule has 0 aliphatic rings. The van der Waals surface area contributed by atoms with Crippen LogP contribution in [0.15, 0.2) is 72.8 Å². The van der Waals surface area contributed by atoms with Gasteiger partial charge >= 0.3 is 0 Å². The largest absolute Gasteiger partial charge is 0.399 e. The summed E-state index contributed by atoms with van der Waals surface area (Å²) < 4.78 is 0. The molecule has 35 heavy (non-hydrogen) atoms. The topological polar surface area (TPSA) is 52.0 Å². The highest BCUT2D eigenvalue weighted by Gasteiger charge is 2.07.